The van der Waals surface area contributed by atoms with Crippen molar-refractivity contribution in [2.75, 3.05) is 12.3 Å². The van der Waals surface area contributed by atoms with Gasteiger partial charge >= 0.3 is 11.9 Å². The molecule has 0 aliphatic heterocycles. The lowest BCUT2D eigenvalue weighted by atomic mass is 10.3. The minimum absolute atomic E-state index is 0.0440. The number of rotatable bonds is 2. The molecule has 0 saturated carbocycles. The molecule has 0 spiro atoms. The first kappa shape index (κ1) is 9.51. The molecule has 0 fully saturated rings. The summed E-state index contributed by atoms with van der Waals surface area (Å²) in [6.45, 7) is 2.01. The zero-order valence-electron chi connectivity index (χ0n) is 8.19. The number of hydrogen-bond donors (Lipinski definition) is 1. The van der Waals surface area contributed by atoms with Gasteiger partial charge in [-0.1, -0.05) is 0 Å². The maximum Gasteiger partial charge on any atom is 0.394 e. The van der Waals surface area contributed by atoms with E-state index in [2.05, 4.69) is 4.98 Å². The maximum absolute atomic E-state index is 11.3. The molecule has 0 aliphatic carbocycles. The Morgan fingerprint density at radius 2 is 2.40 bits per heavy atom. The van der Waals surface area contributed by atoms with Crippen LogP contribution in [0, 0.1) is 0 Å². The smallest absolute Gasteiger partial charge is 0.394 e. The Kier molecular flexibility index (Phi) is 2.29. The third-order valence-corrected chi connectivity index (χ3v) is 1.86. The molecule has 5 nitrogen and oxygen atoms in total. The van der Waals surface area contributed by atoms with E-state index < -0.39 is 5.97 Å². The minimum atomic E-state index is -0.563. The summed E-state index contributed by atoms with van der Waals surface area (Å²) in [6, 6.07) is 5.00. The minimum Gasteiger partial charge on any atom is -0.459 e. The normalized spacial score (nSPS) is 10.5. The third-order valence-electron chi connectivity index (χ3n) is 1.86. The number of nitrogens with two attached hydrogens (primary N) is 1. The molecule has 0 atom stereocenters. The van der Waals surface area contributed by atoms with Crippen LogP contribution in [0.3, 0.4) is 0 Å². The van der Waals surface area contributed by atoms with E-state index in [1.807, 2.05) is 0 Å². The van der Waals surface area contributed by atoms with Crippen molar-refractivity contribution >= 4 is 22.8 Å². The van der Waals surface area contributed by atoms with E-state index in [0.29, 0.717) is 23.4 Å². The van der Waals surface area contributed by atoms with Crippen LogP contribution in [-0.2, 0) is 4.74 Å². The van der Waals surface area contributed by atoms with Crippen LogP contribution in [0.25, 0.3) is 11.1 Å². The van der Waals surface area contributed by atoms with Gasteiger partial charge in [0.25, 0.3) is 0 Å². The number of nitrogens with zero attached hydrogens (tertiary/aromatic N) is 1. The fraction of sp³-hybridized carbons (Fsp3) is 0.200. The zero-order chi connectivity index (χ0) is 10.8. The second-order valence-corrected chi connectivity index (χ2v) is 2.97. The lowest BCUT2D eigenvalue weighted by molar-refractivity contribution is 0.0483. The Morgan fingerprint density at radius 3 is 3.13 bits per heavy atom. The molecule has 0 radical (unpaired) electrons. The van der Waals surface area contributed by atoms with Gasteiger partial charge < -0.3 is 14.9 Å². The van der Waals surface area contributed by atoms with Crippen molar-refractivity contribution < 1.29 is 13.9 Å². The molecule has 1 aromatic carbocycles. The Morgan fingerprint density at radius 1 is 1.60 bits per heavy atom. The number of carbonyl (C=O) groups is 1. The van der Waals surface area contributed by atoms with Crippen molar-refractivity contribution in [3.05, 3.63) is 24.1 Å². The number of ether oxygens (including phenoxy) is 1. The van der Waals surface area contributed by atoms with Crippen LogP contribution in [0.5, 0.6) is 0 Å². The van der Waals surface area contributed by atoms with E-state index >= 15 is 0 Å². The molecule has 2 N–H and O–H groups in total. The highest BCUT2D eigenvalue weighted by Gasteiger charge is 2.14. The fourth-order valence-corrected chi connectivity index (χ4v) is 1.22. The van der Waals surface area contributed by atoms with Crippen molar-refractivity contribution in [1.82, 2.24) is 4.98 Å². The van der Waals surface area contributed by atoms with Crippen LogP contribution < -0.4 is 5.73 Å². The molecule has 5 heteroatoms. The first-order chi connectivity index (χ1) is 7.20. The molecular weight excluding hydrogens is 196 g/mol. The van der Waals surface area contributed by atoms with E-state index in [1.165, 1.54) is 0 Å². The van der Waals surface area contributed by atoms with Crippen molar-refractivity contribution in [3.8, 4) is 0 Å². The monoisotopic (exact) mass is 206 g/mol. The standard InChI is InChI=1S/C10H10N2O3/c1-2-14-10(13)9-12-7-4-3-6(11)5-8(7)15-9/h3-5H,2,11H2,1H3. The van der Waals surface area contributed by atoms with E-state index in [9.17, 15) is 4.79 Å². The van der Waals surface area contributed by atoms with Crippen LogP contribution in [0.15, 0.2) is 22.6 Å². The van der Waals surface area contributed by atoms with Crippen molar-refractivity contribution in [2.24, 2.45) is 0 Å². The van der Waals surface area contributed by atoms with Gasteiger partial charge in [0.1, 0.15) is 5.52 Å². The van der Waals surface area contributed by atoms with Gasteiger partial charge in [0.15, 0.2) is 5.58 Å². The molecular formula is C10H10N2O3. The van der Waals surface area contributed by atoms with E-state index in [0.717, 1.165) is 0 Å². The highest BCUT2D eigenvalue weighted by molar-refractivity contribution is 5.88. The van der Waals surface area contributed by atoms with Gasteiger partial charge in [-0.3, -0.25) is 0 Å². The second-order valence-electron chi connectivity index (χ2n) is 2.97. The van der Waals surface area contributed by atoms with Gasteiger partial charge in [0, 0.05) is 11.8 Å². The van der Waals surface area contributed by atoms with Gasteiger partial charge in [-0.05, 0) is 19.1 Å². The molecule has 0 bridgehead atoms. The Bertz CT molecular complexity index is 504. The summed E-state index contributed by atoms with van der Waals surface area (Å²) in [5, 5.41) is 0. The van der Waals surface area contributed by atoms with Crippen LogP contribution in [0.1, 0.15) is 17.6 Å². The summed E-state index contributed by atoms with van der Waals surface area (Å²) < 4.78 is 9.96. The van der Waals surface area contributed by atoms with Crippen LogP contribution in [0.2, 0.25) is 0 Å². The topological polar surface area (TPSA) is 78.3 Å². The fourth-order valence-electron chi connectivity index (χ4n) is 1.22. The van der Waals surface area contributed by atoms with Gasteiger partial charge in [-0.2, -0.15) is 0 Å². The molecule has 0 saturated heterocycles. The number of oxazole rings is 1. The van der Waals surface area contributed by atoms with Crippen LogP contribution >= 0.6 is 0 Å². The molecule has 2 rings (SSSR count). The molecule has 2 aromatic rings. The number of carbonyl (C=O) groups excluding carboxylic acids is 1. The lowest BCUT2D eigenvalue weighted by Gasteiger charge is -1.94. The summed E-state index contributed by atoms with van der Waals surface area (Å²) in [5.74, 6) is -0.607. The van der Waals surface area contributed by atoms with E-state index in [4.69, 9.17) is 14.9 Å². The zero-order valence-corrected chi connectivity index (χ0v) is 8.19. The molecule has 1 aromatic heterocycles. The number of fused-ring (bicyclic) bond motifs is 1. The largest absolute Gasteiger partial charge is 0.459 e. The van der Waals surface area contributed by atoms with Crippen molar-refractivity contribution in [3.63, 3.8) is 0 Å². The first-order valence-corrected chi connectivity index (χ1v) is 4.54. The lowest BCUT2D eigenvalue weighted by Crippen LogP contribution is -2.04. The Hall–Kier alpha value is -2.04. The predicted octanol–water partition coefficient (Wildman–Crippen LogP) is 1.59. The number of esters is 1. The SMILES string of the molecule is CCOC(=O)c1nc2ccc(N)cc2o1. The summed E-state index contributed by atoms with van der Waals surface area (Å²) in [5.41, 5.74) is 7.20. The highest BCUT2D eigenvalue weighted by atomic mass is 16.5. The average molecular weight is 206 g/mol. The van der Waals surface area contributed by atoms with Crippen LogP contribution in [0.4, 0.5) is 5.69 Å². The maximum atomic E-state index is 11.3. The van der Waals surface area contributed by atoms with Crippen LogP contribution in [-0.4, -0.2) is 17.6 Å². The number of benzene rings is 1. The quantitative estimate of drug-likeness (QED) is 0.596. The molecule has 1 heterocycles. The van der Waals surface area contributed by atoms with Crippen molar-refractivity contribution in [1.29, 1.82) is 0 Å². The predicted molar refractivity (Wildman–Crippen MR) is 54.4 cm³/mol. The summed E-state index contributed by atoms with van der Waals surface area (Å²) in [4.78, 5) is 15.3. The number of aromatic nitrogens is 1. The van der Waals surface area contributed by atoms with Gasteiger partial charge in [-0.15, -0.1) is 0 Å². The van der Waals surface area contributed by atoms with Gasteiger partial charge in [0.2, 0.25) is 0 Å². The van der Waals surface area contributed by atoms with Gasteiger partial charge in [-0.25, -0.2) is 9.78 Å². The number of hydrogen-bond acceptors (Lipinski definition) is 5. The third kappa shape index (κ3) is 1.76. The molecule has 15 heavy (non-hydrogen) atoms. The van der Waals surface area contributed by atoms with Gasteiger partial charge in [0.05, 0.1) is 6.61 Å². The Balaban J connectivity index is 2.42. The van der Waals surface area contributed by atoms with Crippen molar-refractivity contribution in [2.45, 2.75) is 6.92 Å². The molecule has 0 amide bonds. The first-order valence-electron chi connectivity index (χ1n) is 4.54. The summed E-state index contributed by atoms with van der Waals surface area (Å²) >= 11 is 0. The summed E-state index contributed by atoms with van der Waals surface area (Å²) in [6.07, 6.45) is 0. The highest BCUT2D eigenvalue weighted by Crippen LogP contribution is 2.18. The number of nitrogen functional groups attached to an aromatic ring is 1. The summed E-state index contributed by atoms with van der Waals surface area (Å²) in [7, 11) is 0. The molecule has 0 aliphatic rings. The Labute approximate surface area is 85.8 Å². The van der Waals surface area contributed by atoms with E-state index in [-0.39, 0.29) is 5.89 Å². The van der Waals surface area contributed by atoms with E-state index in [1.54, 1.807) is 25.1 Å². The average Bonchev–Trinajstić information content (AvgIpc) is 2.60. The number of anilines is 1. The molecule has 0 unspecified atom stereocenters. The second kappa shape index (κ2) is 3.61. The molecule has 78 valence electrons.